The molecule has 8 heteroatoms. The fraction of sp³-hybridized carbons (Fsp3) is 0.333. The Labute approximate surface area is 193 Å². The van der Waals surface area contributed by atoms with E-state index < -0.39 is 29.0 Å². The quantitative estimate of drug-likeness (QED) is 0.406. The number of anilines is 1. The maximum Gasteiger partial charge on any atom is 0.296 e. The molecule has 2 aromatic carbocycles. The van der Waals surface area contributed by atoms with Gasteiger partial charge in [0.2, 0.25) is 5.78 Å². The lowest BCUT2D eigenvalue weighted by atomic mass is 9.94. The van der Waals surface area contributed by atoms with Gasteiger partial charge in [-0.2, -0.15) is 13.4 Å². The molecule has 4 aromatic rings. The summed E-state index contributed by atoms with van der Waals surface area (Å²) in [5.41, 5.74) is 2.65. The lowest BCUT2D eigenvalue weighted by molar-refractivity contribution is 0.262. The zero-order valence-electron chi connectivity index (χ0n) is 21.6. The molecule has 1 saturated heterocycles. The van der Waals surface area contributed by atoms with E-state index in [1.165, 1.54) is 12.1 Å². The van der Waals surface area contributed by atoms with Crippen LogP contribution in [0.4, 0.5) is 5.82 Å². The van der Waals surface area contributed by atoms with E-state index in [1.807, 2.05) is 45.8 Å². The van der Waals surface area contributed by atoms with E-state index in [0.29, 0.717) is 37.5 Å². The van der Waals surface area contributed by atoms with Crippen molar-refractivity contribution >= 4 is 32.7 Å². The summed E-state index contributed by atoms with van der Waals surface area (Å²) in [5.74, 6) is 0.532. The Morgan fingerprint density at radius 1 is 1.06 bits per heavy atom. The number of nitrogens with zero attached hydrogens (tertiary/aromatic N) is 4. The summed E-state index contributed by atoms with van der Waals surface area (Å²) in [4.78, 5) is 11.0. The number of hydrogen-bond acceptors (Lipinski definition) is 6. The Balaban J connectivity index is 1.30. The number of rotatable bonds is 6. The van der Waals surface area contributed by atoms with Gasteiger partial charge >= 0.3 is 0 Å². The smallest absolute Gasteiger partial charge is 0.296 e. The highest BCUT2D eigenvalue weighted by Crippen LogP contribution is 2.26. The van der Waals surface area contributed by atoms with Crippen LogP contribution in [0.25, 0.3) is 16.8 Å². The lowest BCUT2D eigenvalue weighted by Crippen LogP contribution is -2.34. The number of fused-ring (bicyclic) bond motifs is 3. The largest absolute Gasteiger partial charge is 0.356 e. The highest BCUT2D eigenvalue weighted by atomic mass is 32.2. The first-order valence-electron chi connectivity index (χ1n) is 12.5. The van der Waals surface area contributed by atoms with Gasteiger partial charge in [0.25, 0.3) is 10.1 Å². The summed E-state index contributed by atoms with van der Waals surface area (Å²) >= 11 is 0. The van der Waals surface area contributed by atoms with Crippen LogP contribution in [0, 0.1) is 12.8 Å². The molecule has 1 aliphatic heterocycles. The van der Waals surface area contributed by atoms with E-state index in [4.69, 9.17) is 9.67 Å². The van der Waals surface area contributed by atoms with Gasteiger partial charge in [-0.15, -0.1) is 0 Å². The van der Waals surface area contributed by atoms with Gasteiger partial charge < -0.3 is 4.90 Å². The van der Waals surface area contributed by atoms with Crippen LogP contribution in [0.5, 0.6) is 0 Å². The molecule has 0 unspecified atom stereocenters. The molecule has 0 aliphatic carbocycles. The summed E-state index contributed by atoms with van der Waals surface area (Å²) in [6.07, 6.45) is -0.0106. The number of hydrogen-bond donors (Lipinski definition) is 0. The number of piperidine rings is 1. The van der Waals surface area contributed by atoms with Gasteiger partial charge in [-0.05, 0) is 62.4 Å². The summed E-state index contributed by atoms with van der Waals surface area (Å²) in [6.45, 7) is -0.369. The molecule has 3 heterocycles. The first-order valence-corrected chi connectivity index (χ1v) is 11.9. The third-order valence-electron chi connectivity index (χ3n) is 5.71. The average Bonchev–Trinajstić information content (AvgIpc) is 3.21. The van der Waals surface area contributed by atoms with E-state index in [-0.39, 0.29) is 4.90 Å². The summed E-state index contributed by atoms with van der Waals surface area (Å²) < 4.78 is 65.5. The van der Waals surface area contributed by atoms with Gasteiger partial charge in [-0.1, -0.05) is 29.8 Å². The third kappa shape index (κ3) is 4.20. The van der Waals surface area contributed by atoms with Gasteiger partial charge in [0.1, 0.15) is 5.82 Å². The molecule has 5 rings (SSSR count). The highest BCUT2D eigenvalue weighted by molar-refractivity contribution is 7.86. The van der Waals surface area contributed by atoms with Crippen molar-refractivity contribution in [3.63, 3.8) is 0 Å². The molecular formula is C24H26N4O3S. The standard InChI is InChI=1S/C24H26N4O3S/c1-18-6-8-20(9-7-18)32(29,30)31-17-13-19-10-14-27(15-11-19)23-12-16-28-22-5-3-2-4-21(22)25-24(28)26-23/h2-9,12,16,19H,10-11,13-15,17H2,1H3/i13D2,17D2. The number of para-hydroxylation sites is 2. The van der Waals surface area contributed by atoms with Crippen molar-refractivity contribution < 1.29 is 18.1 Å². The Bertz CT molecular complexity index is 1520. The van der Waals surface area contributed by atoms with E-state index in [9.17, 15) is 8.42 Å². The SMILES string of the molecule is [2H]C([2H])(OS(=O)(=O)c1ccc(C)cc1)C([2H])([2H])C1CCN(c2ccn3c(n2)nc2ccccc23)CC1. The first kappa shape index (κ1) is 16.6. The molecule has 0 bridgehead atoms. The van der Waals surface area contributed by atoms with Gasteiger partial charge in [-0.25, -0.2) is 4.98 Å². The fourth-order valence-electron chi connectivity index (χ4n) is 3.88. The summed E-state index contributed by atoms with van der Waals surface area (Å²) in [7, 11) is -4.49. The molecule has 0 N–H and O–H groups in total. The third-order valence-corrected chi connectivity index (χ3v) is 6.86. The molecule has 0 saturated carbocycles. The number of benzene rings is 2. The van der Waals surface area contributed by atoms with Crippen LogP contribution in [0.1, 0.15) is 30.3 Å². The zero-order valence-corrected chi connectivity index (χ0v) is 18.4. The normalized spacial score (nSPS) is 18.3. The molecule has 0 spiro atoms. The Morgan fingerprint density at radius 2 is 1.81 bits per heavy atom. The minimum atomic E-state index is -4.49. The van der Waals surface area contributed by atoms with Crippen molar-refractivity contribution in [1.29, 1.82) is 0 Å². The van der Waals surface area contributed by atoms with Gasteiger partial charge in [0, 0.05) is 22.0 Å². The maximum absolute atomic E-state index is 12.6. The van der Waals surface area contributed by atoms with E-state index >= 15 is 0 Å². The molecule has 0 amide bonds. The second kappa shape index (κ2) is 8.52. The number of aromatic nitrogens is 3. The summed E-state index contributed by atoms with van der Waals surface area (Å²) in [5, 5.41) is 0. The topological polar surface area (TPSA) is 76.8 Å². The maximum atomic E-state index is 12.6. The molecular weight excluding hydrogens is 424 g/mol. The molecule has 7 nitrogen and oxygen atoms in total. The van der Waals surface area contributed by atoms with Crippen LogP contribution >= 0.6 is 0 Å². The highest BCUT2D eigenvalue weighted by Gasteiger charge is 2.22. The molecule has 166 valence electrons. The van der Waals surface area contributed by atoms with Gasteiger partial charge in [0.05, 0.1) is 25.2 Å². The minimum Gasteiger partial charge on any atom is -0.356 e. The van der Waals surface area contributed by atoms with Crippen molar-refractivity contribution in [2.75, 3.05) is 24.5 Å². The Morgan fingerprint density at radius 3 is 2.59 bits per heavy atom. The van der Waals surface area contributed by atoms with Crippen LogP contribution < -0.4 is 4.90 Å². The number of aryl methyl sites for hydroxylation is 1. The van der Waals surface area contributed by atoms with Crippen molar-refractivity contribution in [2.45, 2.75) is 31.0 Å². The van der Waals surface area contributed by atoms with Crippen LogP contribution in [-0.2, 0) is 14.3 Å². The van der Waals surface area contributed by atoms with Crippen LogP contribution in [0.3, 0.4) is 0 Å². The van der Waals surface area contributed by atoms with E-state index in [2.05, 4.69) is 9.97 Å². The van der Waals surface area contributed by atoms with Crippen LogP contribution in [-0.4, -0.2) is 42.4 Å². The van der Waals surface area contributed by atoms with Crippen LogP contribution in [0.2, 0.25) is 0 Å². The van der Waals surface area contributed by atoms with E-state index in [0.717, 1.165) is 16.6 Å². The monoisotopic (exact) mass is 454 g/mol. The minimum absolute atomic E-state index is 0.212. The van der Waals surface area contributed by atoms with Crippen molar-refractivity contribution in [3.05, 3.63) is 66.4 Å². The Hall–Kier alpha value is -2.97. The molecule has 1 aliphatic rings. The Kier molecular flexibility index (Phi) is 4.43. The molecule has 2 aromatic heterocycles. The first-order chi connectivity index (χ1) is 17.0. The van der Waals surface area contributed by atoms with Gasteiger partial charge in [0.15, 0.2) is 0 Å². The molecule has 0 atom stereocenters. The lowest BCUT2D eigenvalue weighted by Gasteiger charge is -2.32. The zero-order chi connectivity index (χ0) is 25.7. The molecule has 0 radical (unpaired) electrons. The van der Waals surface area contributed by atoms with Crippen molar-refractivity contribution in [2.24, 2.45) is 5.92 Å². The molecule has 32 heavy (non-hydrogen) atoms. The number of imidazole rings is 1. The van der Waals surface area contributed by atoms with Crippen LogP contribution in [0.15, 0.2) is 65.7 Å². The van der Waals surface area contributed by atoms with Gasteiger partial charge in [-0.3, -0.25) is 8.58 Å². The average molecular weight is 455 g/mol. The van der Waals surface area contributed by atoms with E-state index in [1.54, 1.807) is 19.1 Å². The second-order valence-electron chi connectivity index (χ2n) is 7.91. The molecule has 1 fully saturated rings. The van der Waals surface area contributed by atoms with Crippen molar-refractivity contribution in [3.8, 4) is 0 Å². The predicted octanol–water partition coefficient (Wildman–Crippen LogP) is 4.20. The summed E-state index contributed by atoms with van der Waals surface area (Å²) in [6, 6.07) is 15.4. The predicted molar refractivity (Wildman–Crippen MR) is 124 cm³/mol. The van der Waals surface area contributed by atoms with Crippen molar-refractivity contribution in [1.82, 2.24) is 14.4 Å². The fourth-order valence-corrected chi connectivity index (χ4v) is 4.61. The second-order valence-corrected chi connectivity index (χ2v) is 9.46.